The van der Waals surface area contributed by atoms with Gasteiger partial charge in [-0.1, -0.05) is 6.92 Å². The van der Waals surface area contributed by atoms with Crippen LogP contribution in [0.4, 0.5) is 0 Å². The first-order chi connectivity index (χ1) is 5.31. The Morgan fingerprint density at radius 1 is 1.18 bits per heavy atom. The molecule has 1 N–H and O–H groups in total. The van der Waals surface area contributed by atoms with Gasteiger partial charge in [0.2, 0.25) is 0 Å². The van der Waals surface area contributed by atoms with Crippen molar-refractivity contribution in [1.82, 2.24) is 0 Å². The van der Waals surface area contributed by atoms with Crippen LogP contribution in [0, 0.1) is 23.7 Å². The third-order valence-corrected chi connectivity index (χ3v) is 3.89. The molecular formula is C10H18O. The van der Waals surface area contributed by atoms with Gasteiger partial charge in [-0.15, -0.1) is 0 Å². The van der Waals surface area contributed by atoms with Crippen LogP contribution in [-0.4, -0.2) is 11.7 Å². The molecule has 64 valence electrons. The van der Waals surface area contributed by atoms with Gasteiger partial charge in [0, 0.05) is 6.61 Å². The summed E-state index contributed by atoms with van der Waals surface area (Å²) in [5.41, 5.74) is 0. The summed E-state index contributed by atoms with van der Waals surface area (Å²) in [5, 5.41) is 9.10. The van der Waals surface area contributed by atoms with E-state index in [0.717, 1.165) is 17.8 Å². The van der Waals surface area contributed by atoms with Gasteiger partial charge in [-0.3, -0.25) is 0 Å². The van der Waals surface area contributed by atoms with Crippen molar-refractivity contribution in [3.05, 3.63) is 0 Å². The minimum atomic E-state index is 0.435. The van der Waals surface area contributed by atoms with Gasteiger partial charge in [-0.05, 0) is 49.4 Å². The van der Waals surface area contributed by atoms with Gasteiger partial charge < -0.3 is 5.11 Å². The summed E-state index contributed by atoms with van der Waals surface area (Å²) < 4.78 is 0. The van der Waals surface area contributed by atoms with E-state index in [2.05, 4.69) is 6.92 Å². The molecule has 0 aromatic rings. The molecule has 0 aliphatic heterocycles. The van der Waals surface area contributed by atoms with Gasteiger partial charge in [-0.25, -0.2) is 0 Å². The van der Waals surface area contributed by atoms with E-state index in [1.54, 1.807) is 0 Å². The van der Waals surface area contributed by atoms with Crippen LogP contribution in [0.1, 0.15) is 32.6 Å². The first kappa shape index (κ1) is 7.60. The molecule has 2 fully saturated rings. The zero-order valence-corrected chi connectivity index (χ0v) is 7.29. The van der Waals surface area contributed by atoms with Crippen LogP contribution in [0.2, 0.25) is 0 Å². The predicted octanol–water partition coefficient (Wildman–Crippen LogP) is 2.05. The Balaban J connectivity index is 2.03. The first-order valence-corrected chi connectivity index (χ1v) is 4.92. The lowest BCUT2D eigenvalue weighted by Crippen LogP contribution is -2.20. The molecule has 0 heterocycles. The highest BCUT2D eigenvalue weighted by Crippen LogP contribution is 2.48. The Hall–Kier alpha value is -0.0400. The molecule has 4 unspecified atom stereocenters. The SMILES string of the molecule is CC1CC2CC1CCC2CO. The largest absolute Gasteiger partial charge is 0.396 e. The predicted molar refractivity (Wildman–Crippen MR) is 45.2 cm³/mol. The van der Waals surface area contributed by atoms with Gasteiger partial charge in [-0.2, -0.15) is 0 Å². The van der Waals surface area contributed by atoms with Gasteiger partial charge in [0.15, 0.2) is 0 Å². The number of aliphatic hydroxyl groups is 1. The quantitative estimate of drug-likeness (QED) is 0.613. The van der Waals surface area contributed by atoms with E-state index in [1.165, 1.54) is 25.7 Å². The Bertz CT molecular complexity index is 142. The Morgan fingerprint density at radius 3 is 2.73 bits per heavy atom. The molecule has 0 aromatic carbocycles. The fraction of sp³-hybridized carbons (Fsp3) is 1.00. The number of hydrogen-bond acceptors (Lipinski definition) is 1. The van der Waals surface area contributed by atoms with Crippen molar-refractivity contribution in [3.63, 3.8) is 0 Å². The lowest BCUT2D eigenvalue weighted by molar-refractivity contribution is 0.141. The second-order valence-corrected chi connectivity index (χ2v) is 4.49. The average molecular weight is 154 g/mol. The minimum absolute atomic E-state index is 0.435. The lowest BCUT2D eigenvalue weighted by Gasteiger charge is -2.27. The Labute approximate surface area is 68.8 Å². The normalized spacial score (nSPS) is 49.6. The molecule has 11 heavy (non-hydrogen) atoms. The number of hydrogen-bond donors (Lipinski definition) is 1. The van der Waals surface area contributed by atoms with Crippen LogP contribution >= 0.6 is 0 Å². The first-order valence-electron chi connectivity index (χ1n) is 4.92. The van der Waals surface area contributed by atoms with Crippen LogP contribution in [0.5, 0.6) is 0 Å². The maximum atomic E-state index is 9.10. The maximum absolute atomic E-state index is 9.10. The molecule has 0 amide bonds. The van der Waals surface area contributed by atoms with E-state index < -0.39 is 0 Å². The summed E-state index contributed by atoms with van der Waals surface area (Å²) in [4.78, 5) is 0. The highest BCUT2D eigenvalue weighted by molar-refractivity contribution is 4.89. The minimum Gasteiger partial charge on any atom is -0.396 e. The lowest BCUT2D eigenvalue weighted by atomic mass is 9.80. The fourth-order valence-electron chi connectivity index (χ4n) is 3.08. The monoisotopic (exact) mass is 154 g/mol. The zero-order valence-electron chi connectivity index (χ0n) is 7.29. The van der Waals surface area contributed by atoms with Crippen LogP contribution in [-0.2, 0) is 0 Å². The van der Waals surface area contributed by atoms with Crippen LogP contribution in [0.25, 0.3) is 0 Å². The number of rotatable bonds is 1. The molecule has 0 radical (unpaired) electrons. The van der Waals surface area contributed by atoms with Crippen LogP contribution in [0.15, 0.2) is 0 Å². The fourth-order valence-corrected chi connectivity index (χ4v) is 3.08. The van der Waals surface area contributed by atoms with E-state index in [4.69, 9.17) is 5.11 Å². The van der Waals surface area contributed by atoms with Crippen molar-refractivity contribution >= 4 is 0 Å². The van der Waals surface area contributed by atoms with Crippen molar-refractivity contribution in [3.8, 4) is 0 Å². The summed E-state index contributed by atoms with van der Waals surface area (Å²) in [6, 6.07) is 0. The summed E-state index contributed by atoms with van der Waals surface area (Å²) in [7, 11) is 0. The van der Waals surface area contributed by atoms with E-state index in [9.17, 15) is 0 Å². The molecule has 2 aliphatic carbocycles. The third-order valence-electron chi connectivity index (χ3n) is 3.89. The summed E-state index contributed by atoms with van der Waals surface area (Å²) in [6.45, 7) is 2.81. The van der Waals surface area contributed by atoms with E-state index in [-0.39, 0.29) is 0 Å². The van der Waals surface area contributed by atoms with Crippen LogP contribution < -0.4 is 0 Å². The second-order valence-electron chi connectivity index (χ2n) is 4.49. The summed E-state index contributed by atoms with van der Waals surface area (Å²) >= 11 is 0. The highest BCUT2D eigenvalue weighted by Gasteiger charge is 2.39. The second kappa shape index (κ2) is 2.78. The third kappa shape index (κ3) is 1.20. The highest BCUT2D eigenvalue weighted by atomic mass is 16.3. The average Bonchev–Trinajstić information content (AvgIpc) is 2.30. The van der Waals surface area contributed by atoms with Crippen molar-refractivity contribution in [2.75, 3.05) is 6.61 Å². The zero-order chi connectivity index (χ0) is 7.84. The molecule has 0 saturated heterocycles. The van der Waals surface area contributed by atoms with Crippen molar-refractivity contribution < 1.29 is 5.11 Å². The van der Waals surface area contributed by atoms with E-state index >= 15 is 0 Å². The summed E-state index contributed by atoms with van der Waals surface area (Å²) in [5.74, 6) is 3.46. The standard InChI is InChI=1S/C10H18O/c1-7-4-10-5-8(7)2-3-9(10)6-11/h7-11H,2-6H2,1H3. The maximum Gasteiger partial charge on any atom is 0.0461 e. The molecule has 4 atom stereocenters. The molecule has 2 aliphatic rings. The van der Waals surface area contributed by atoms with Crippen LogP contribution in [0.3, 0.4) is 0 Å². The van der Waals surface area contributed by atoms with Gasteiger partial charge in [0.25, 0.3) is 0 Å². The molecule has 2 rings (SSSR count). The Kier molecular flexibility index (Phi) is 1.92. The van der Waals surface area contributed by atoms with Crippen molar-refractivity contribution in [2.24, 2.45) is 23.7 Å². The van der Waals surface area contributed by atoms with Gasteiger partial charge in [0.05, 0.1) is 0 Å². The van der Waals surface area contributed by atoms with Crippen molar-refractivity contribution in [1.29, 1.82) is 0 Å². The smallest absolute Gasteiger partial charge is 0.0461 e. The molecule has 2 bridgehead atoms. The summed E-state index contributed by atoms with van der Waals surface area (Å²) in [6.07, 6.45) is 5.46. The van der Waals surface area contributed by atoms with E-state index in [1.807, 2.05) is 0 Å². The van der Waals surface area contributed by atoms with E-state index in [0.29, 0.717) is 12.5 Å². The van der Waals surface area contributed by atoms with Crippen molar-refractivity contribution in [2.45, 2.75) is 32.6 Å². The molecule has 0 spiro atoms. The molecular weight excluding hydrogens is 136 g/mol. The molecule has 1 heteroatoms. The Morgan fingerprint density at radius 2 is 2.00 bits per heavy atom. The molecule has 0 aromatic heterocycles. The van der Waals surface area contributed by atoms with Gasteiger partial charge in [0.1, 0.15) is 0 Å². The van der Waals surface area contributed by atoms with Gasteiger partial charge >= 0.3 is 0 Å². The molecule has 2 saturated carbocycles. The number of aliphatic hydroxyl groups excluding tert-OH is 1. The topological polar surface area (TPSA) is 20.2 Å². The number of fused-ring (bicyclic) bond motifs is 2. The molecule has 1 nitrogen and oxygen atoms in total.